The molecule has 59 heavy (non-hydrogen) atoms. The molecule has 11 rings (SSSR count). The minimum atomic E-state index is -1.16. The Bertz CT molecular complexity index is 3060. The number of nitrogens with one attached hydrogen (secondary N) is 2. The number of amides is 2. The number of aliphatic imine (C=N–C) groups is 1. The highest BCUT2D eigenvalue weighted by Crippen LogP contribution is 2.56. The van der Waals surface area contributed by atoms with E-state index in [4.69, 9.17) is 28.2 Å². The third-order valence-corrected chi connectivity index (χ3v) is 12.5. The summed E-state index contributed by atoms with van der Waals surface area (Å²) >= 11 is 12.4. The Morgan fingerprint density at radius 1 is 0.814 bits per heavy atom. The van der Waals surface area contributed by atoms with Gasteiger partial charge in [0, 0.05) is 28.1 Å². The quantitative estimate of drug-likeness (QED) is 0.151. The van der Waals surface area contributed by atoms with Crippen LogP contribution in [0.25, 0.3) is 27.5 Å². The number of fused-ring (bicyclic) bond motifs is 10. The van der Waals surface area contributed by atoms with Gasteiger partial charge in [-0.05, 0) is 66.9 Å². The lowest BCUT2D eigenvalue weighted by atomic mass is 9.75. The fourth-order valence-electron chi connectivity index (χ4n) is 9.41. The van der Waals surface area contributed by atoms with Crippen LogP contribution in [-0.2, 0) is 15.1 Å². The summed E-state index contributed by atoms with van der Waals surface area (Å²) in [5.41, 5.74) is 3.76. The topological polar surface area (TPSA) is 150 Å². The zero-order chi connectivity index (χ0) is 40.9. The molecule has 6 heterocycles. The lowest BCUT2D eigenvalue weighted by Gasteiger charge is -2.32. The number of carbonyl (C=O) groups excluding carboxylic acids is 3. The molecule has 3 N–H and O–H groups in total. The van der Waals surface area contributed by atoms with Gasteiger partial charge in [-0.1, -0.05) is 97.7 Å². The van der Waals surface area contributed by atoms with Gasteiger partial charge in [0.05, 0.1) is 55.4 Å². The molecule has 4 aliphatic heterocycles. The van der Waals surface area contributed by atoms with Crippen LogP contribution in [0, 0.1) is 17.8 Å². The van der Waals surface area contributed by atoms with Crippen molar-refractivity contribution in [2.24, 2.45) is 22.7 Å². The Labute approximate surface area is 346 Å². The number of aromatic hydroxyl groups is 1. The second-order valence-electron chi connectivity index (χ2n) is 15.6. The van der Waals surface area contributed by atoms with E-state index in [1.54, 1.807) is 47.0 Å². The van der Waals surface area contributed by atoms with Crippen molar-refractivity contribution in [1.82, 2.24) is 19.9 Å². The lowest BCUT2D eigenvalue weighted by molar-refractivity contribution is -0.123. The van der Waals surface area contributed by atoms with Gasteiger partial charge < -0.3 is 10.1 Å². The van der Waals surface area contributed by atoms with Crippen LogP contribution >= 0.6 is 23.2 Å². The summed E-state index contributed by atoms with van der Waals surface area (Å²) in [7, 11) is 0. The van der Waals surface area contributed by atoms with Gasteiger partial charge in [-0.25, -0.2) is 14.9 Å². The molecule has 0 aliphatic carbocycles. The lowest BCUT2D eigenvalue weighted by Crippen LogP contribution is -2.50. The normalized spacial score (nSPS) is 21.2. The van der Waals surface area contributed by atoms with Crippen LogP contribution in [0.5, 0.6) is 5.88 Å². The number of anilines is 1. The van der Waals surface area contributed by atoms with Crippen molar-refractivity contribution < 1.29 is 19.5 Å². The number of para-hydroxylation sites is 4. The van der Waals surface area contributed by atoms with Crippen molar-refractivity contribution in [2.75, 3.05) is 4.90 Å². The second-order valence-corrected chi connectivity index (χ2v) is 16.4. The number of nitrogens with zero attached hydrogens (tertiary/aromatic N) is 4. The number of aromatic nitrogens is 3. The summed E-state index contributed by atoms with van der Waals surface area (Å²) in [6.07, 6.45) is 0.664. The number of H-pyrrole nitrogens is 1. The number of benzene rings is 5. The van der Waals surface area contributed by atoms with E-state index in [9.17, 15) is 24.3 Å². The molecule has 2 aromatic heterocycles. The Morgan fingerprint density at radius 2 is 1.53 bits per heavy atom. The molecule has 4 aliphatic rings. The Kier molecular flexibility index (Phi) is 8.50. The molecule has 2 fully saturated rings. The number of hydrogen-bond acceptors (Lipinski definition) is 8. The zero-order valence-corrected chi connectivity index (χ0v) is 33.1. The van der Waals surface area contributed by atoms with Crippen molar-refractivity contribution in [3.8, 4) is 11.6 Å². The van der Waals surface area contributed by atoms with E-state index in [-0.39, 0.29) is 46.0 Å². The van der Waals surface area contributed by atoms with Crippen molar-refractivity contribution in [2.45, 2.75) is 31.8 Å². The number of Topliss-reactive ketones (excluding diaryl/α,β-unsaturated/α-hetero) is 1. The number of halogens is 2. The van der Waals surface area contributed by atoms with Crippen LogP contribution in [0.1, 0.15) is 47.6 Å². The molecule has 0 radical (unpaired) electrons. The molecular formula is C46H34Cl2N6O5. The number of imide groups is 1. The van der Waals surface area contributed by atoms with E-state index in [1.807, 2.05) is 72.8 Å². The van der Waals surface area contributed by atoms with E-state index in [2.05, 4.69) is 29.1 Å². The van der Waals surface area contributed by atoms with Gasteiger partial charge >= 0.3 is 0 Å². The number of aromatic amines is 1. The van der Waals surface area contributed by atoms with Gasteiger partial charge in [-0.3, -0.25) is 29.1 Å². The third-order valence-electron chi connectivity index (χ3n) is 11.8. The molecular weight excluding hydrogens is 787 g/mol. The van der Waals surface area contributed by atoms with E-state index in [1.165, 1.54) is 4.90 Å². The Balaban J connectivity index is 0.000000176. The van der Waals surface area contributed by atoms with Crippen LogP contribution in [0.3, 0.4) is 0 Å². The first-order chi connectivity index (χ1) is 28.5. The summed E-state index contributed by atoms with van der Waals surface area (Å²) in [5, 5.41) is 15.7. The second kappa shape index (κ2) is 13.6. The largest absolute Gasteiger partial charge is 0.494 e. The van der Waals surface area contributed by atoms with Gasteiger partial charge in [0.15, 0.2) is 5.88 Å². The van der Waals surface area contributed by atoms with Gasteiger partial charge in [-0.15, -0.1) is 0 Å². The predicted molar refractivity (Wildman–Crippen MR) is 227 cm³/mol. The van der Waals surface area contributed by atoms with Crippen LogP contribution < -0.4 is 15.8 Å². The average Bonchev–Trinajstić information content (AvgIpc) is 3.99. The first kappa shape index (κ1) is 36.9. The zero-order valence-electron chi connectivity index (χ0n) is 31.6. The van der Waals surface area contributed by atoms with Crippen molar-refractivity contribution in [3.63, 3.8) is 0 Å². The summed E-state index contributed by atoms with van der Waals surface area (Å²) in [6, 6.07) is 33.9. The molecule has 1 spiro atoms. The molecule has 4 atom stereocenters. The van der Waals surface area contributed by atoms with Crippen LogP contribution in [0.15, 0.2) is 125 Å². The minimum absolute atomic E-state index is 0.0221. The van der Waals surface area contributed by atoms with Crippen LogP contribution in [0.4, 0.5) is 11.4 Å². The molecule has 292 valence electrons. The van der Waals surface area contributed by atoms with E-state index in [0.717, 1.165) is 16.5 Å². The summed E-state index contributed by atoms with van der Waals surface area (Å²) in [6.45, 7) is 4.18. The van der Waals surface area contributed by atoms with E-state index in [0.29, 0.717) is 62.1 Å². The SMILES string of the molecule is CC(C)CC1NC2(c3ccccc3-n3c2nc2ccccc2c3=O)[C@H]2C(=O)N(c3ccc(Cl)c(Cl)c3)C(=O)[C@@H]12.O=C1C(c2c(O)[nH]c3ccccc23)=Nc2ccccc21. The summed E-state index contributed by atoms with van der Waals surface area (Å²) in [5.74, 6) is -1.60. The summed E-state index contributed by atoms with van der Waals surface area (Å²) in [4.78, 5) is 68.4. The molecule has 0 bridgehead atoms. The highest BCUT2D eigenvalue weighted by Gasteiger charge is 2.69. The maximum Gasteiger partial charge on any atom is 0.266 e. The summed E-state index contributed by atoms with van der Waals surface area (Å²) < 4.78 is 1.61. The third kappa shape index (κ3) is 5.38. The van der Waals surface area contributed by atoms with Crippen molar-refractivity contribution in [3.05, 3.63) is 158 Å². The maximum absolute atomic E-state index is 14.4. The predicted octanol–water partition coefficient (Wildman–Crippen LogP) is 8.26. The highest BCUT2D eigenvalue weighted by atomic mass is 35.5. The molecule has 2 amide bonds. The Hall–Kier alpha value is -6.40. The average molecular weight is 822 g/mol. The van der Waals surface area contributed by atoms with E-state index >= 15 is 0 Å². The first-order valence-electron chi connectivity index (χ1n) is 19.2. The van der Waals surface area contributed by atoms with Gasteiger partial charge in [0.1, 0.15) is 17.1 Å². The molecule has 0 saturated carbocycles. The van der Waals surface area contributed by atoms with Crippen LogP contribution in [0.2, 0.25) is 10.0 Å². The number of rotatable bonds is 4. The molecule has 5 aromatic carbocycles. The monoisotopic (exact) mass is 820 g/mol. The number of ketones is 1. The fourth-order valence-corrected chi connectivity index (χ4v) is 9.70. The van der Waals surface area contributed by atoms with Crippen molar-refractivity contribution in [1.29, 1.82) is 0 Å². The fraction of sp³-hybridized carbons (Fsp3) is 0.174. The molecule has 11 nitrogen and oxygen atoms in total. The highest BCUT2D eigenvalue weighted by molar-refractivity contribution is 6.56. The van der Waals surface area contributed by atoms with Gasteiger partial charge in [0.2, 0.25) is 17.6 Å². The standard InChI is InChI=1S/C30H24Cl2N4O3.C16H10N2O2/c1-15(2)13-22-24-25(28(39)35(27(24)38)16-11-12-19(31)20(32)14-16)30(34-22)18-8-4-6-10-23(18)36-26(37)17-7-3-5-9-21(17)33-29(30)36;19-15-10-6-2-4-8-12(10)17-14(15)13-9-5-1-3-7-11(9)18-16(13)20/h3-12,14-15,22,24-25,34H,13H2,1-2H3;1-8,18,20H/t22?,24-,25+,30?;/m0./s1. The van der Waals surface area contributed by atoms with Gasteiger partial charge in [-0.2, -0.15) is 0 Å². The smallest absolute Gasteiger partial charge is 0.266 e. The molecule has 13 heteroatoms. The number of hydrogen-bond donors (Lipinski definition) is 3. The van der Waals surface area contributed by atoms with Crippen LogP contribution in [-0.4, -0.2) is 49.0 Å². The van der Waals surface area contributed by atoms with Gasteiger partial charge in [0.25, 0.3) is 5.56 Å². The maximum atomic E-state index is 14.4. The van der Waals surface area contributed by atoms with Crippen molar-refractivity contribution >= 4 is 79.7 Å². The first-order valence-corrected chi connectivity index (χ1v) is 20.0. The molecule has 2 saturated heterocycles. The molecule has 7 aromatic rings. The van der Waals surface area contributed by atoms with E-state index < -0.39 is 17.4 Å². The number of carbonyl (C=O) groups is 3. The Morgan fingerprint density at radius 3 is 2.31 bits per heavy atom. The molecule has 2 unspecified atom stereocenters. The minimum Gasteiger partial charge on any atom is -0.494 e.